The lowest BCUT2D eigenvalue weighted by Gasteiger charge is -2.44. The van der Waals surface area contributed by atoms with E-state index >= 15 is 0 Å². The zero-order chi connectivity index (χ0) is 25.3. The van der Waals surface area contributed by atoms with Gasteiger partial charge in [0.2, 0.25) is 5.91 Å². The Morgan fingerprint density at radius 3 is 2.47 bits per heavy atom. The molecule has 0 aliphatic carbocycles. The maximum absolute atomic E-state index is 12.5. The van der Waals surface area contributed by atoms with E-state index in [0.29, 0.717) is 25.8 Å². The fourth-order valence-electron chi connectivity index (χ4n) is 6.54. The van der Waals surface area contributed by atoms with Gasteiger partial charge in [0.1, 0.15) is 11.5 Å². The number of hydrogen-bond acceptors (Lipinski definition) is 6. The lowest BCUT2D eigenvalue weighted by Crippen LogP contribution is -2.57. The molecule has 3 aliphatic rings. The SMILES string of the molecule is COc1ccc([C@@H]2C[C@]3(C)NC(=O)CCC[C@@H]3N2CC2(O)CCN(c3cccc(OC)c3)CC2)cc1. The summed E-state index contributed by atoms with van der Waals surface area (Å²) in [7, 11) is 3.37. The first-order valence-electron chi connectivity index (χ1n) is 13.1. The molecule has 0 saturated carbocycles. The minimum atomic E-state index is -0.776. The van der Waals surface area contributed by atoms with Crippen LogP contribution in [0.3, 0.4) is 0 Å². The monoisotopic (exact) mass is 493 g/mol. The minimum Gasteiger partial charge on any atom is -0.497 e. The topological polar surface area (TPSA) is 74.3 Å². The Kier molecular flexibility index (Phi) is 6.88. The van der Waals surface area contributed by atoms with E-state index in [1.807, 2.05) is 24.3 Å². The molecular weight excluding hydrogens is 454 g/mol. The first kappa shape index (κ1) is 24.9. The van der Waals surface area contributed by atoms with Gasteiger partial charge in [0.05, 0.1) is 25.4 Å². The molecule has 0 spiro atoms. The summed E-state index contributed by atoms with van der Waals surface area (Å²) >= 11 is 0. The van der Waals surface area contributed by atoms with Crippen LogP contribution >= 0.6 is 0 Å². The van der Waals surface area contributed by atoms with Gasteiger partial charge in [-0.25, -0.2) is 0 Å². The van der Waals surface area contributed by atoms with E-state index in [9.17, 15) is 9.90 Å². The van der Waals surface area contributed by atoms with E-state index in [2.05, 4.69) is 46.3 Å². The second-order valence-corrected chi connectivity index (χ2v) is 11.0. The summed E-state index contributed by atoms with van der Waals surface area (Å²) in [6.07, 6.45) is 4.64. The molecule has 3 aliphatic heterocycles. The summed E-state index contributed by atoms with van der Waals surface area (Å²) < 4.78 is 10.8. The summed E-state index contributed by atoms with van der Waals surface area (Å²) in [6, 6.07) is 16.7. The molecule has 36 heavy (non-hydrogen) atoms. The summed E-state index contributed by atoms with van der Waals surface area (Å²) in [6.45, 7) is 4.38. The van der Waals surface area contributed by atoms with Gasteiger partial charge in [-0.3, -0.25) is 9.69 Å². The molecule has 3 heterocycles. The fourth-order valence-corrected chi connectivity index (χ4v) is 6.54. The maximum atomic E-state index is 12.5. The van der Waals surface area contributed by atoms with Gasteiger partial charge < -0.3 is 24.8 Å². The molecule has 194 valence electrons. The number of amides is 1. The highest BCUT2D eigenvalue weighted by molar-refractivity contribution is 5.77. The van der Waals surface area contributed by atoms with Crippen LogP contribution in [0.4, 0.5) is 5.69 Å². The van der Waals surface area contributed by atoms with Crippen molar-refractivity contribution in [3.05, 3.63) is 54.1 Å². The van der Waals surface area contributed by atoms with Gasteiger partial charge in [0, 0.05) is 49.9 Å². The number of rotatable bonds is 6. The number of carbonyl (C=O) groups is 1. The van der Waals surface area contributed by atoms with Crippen LogP contribution in [0.2, 0.25) is 0 Å². The number of piperidine rings is 1. The number of likely N-dealkylation sites (tertiary alicyclic amines) is 1. The van der Waals surface area contributed by atoms with Crippen molar-refractivity contribution >= 4 is 11.6 Å². The Hall–Kier alpha value is -2.77. The van der Waals surface area contributed by atoms with E-state index in [4.69, 9.17) is 9.47 Å². The van der Waals surface area contributed by atoms with Crippen molar-refractivity contribution in [2.45, 2.75) is 68.7 Å². The van der Waals surface area contributed by atoms with Crippen LogP contribution in [0.15, 0.2) is 48.5 Å². The Bertz CT molecular complexity index is 1070. The van der Waals surface area contributed by atoms with Crippen LogP contribution in [-0.4, -0.2) is 66.9 Å². The molecule has 7 nitrogen and oxygen atoms in total. The van der Waals surface area contributed by atoms with Crippen molar-refractivity contribution in [1.82, 2.24) is 10.2 Å². The first-order chi connectivity index (χ1) is 17.3. The molecule has 3 fully saturated rings. The molecule has 2 aromatic carbocycles. The molecule has 0 aromatic heterocycles. The minimum absolute atomic E-state index is 0.129. The van der Waals surface area contributed by atoms with Crippen LogP contribution in [0, 0.1) is 0 Å². The third-order valence-corrected chi connectivity index (χ3v) is 8.55. The van der Waals surface area contributed by atoms with Gasteiger partial charge in [-0.2, -0.15) is 0 Å². The summed E-state index contributed by atoms with van der Waals surface area (Å²) in [4.78, 5) is 17.3. The van der Waals surface area contributed by atoms with Gasteiger partial charge >= 0.3 is 0 Å². The van der Waals surface area contributed by atoms with Crippen molar-refractivity contribution < 1.29 is 19.4 Å². The zero-order valence-electron chi connectivity index (χ0n) is 21.7. The number of nitrogens with one attached hydrogen (secondary N) is 1. The Labute approximate surface area is 214 Å². The molecule has 2 aromatic rings. The lowest BCUT2D eigenvalue weighted by atomic mass is 9.87. The number of ether oxygens (including phenoxy) is 2. The van der Waals surface area contributed by atoms with Crippen LogP contribution in [0.5, 0.6) is 11.5 Å². The second kappa shape index (κ2) is 9.94. The molecule has 3 saturated heterocycles. The van der Waals surface area contributed by atoms with Crippen molar-refractivity contribution in [2.75, 3.05) is 38.8 Å². The predicted octanol–water partition coefficient (Wildman–Crippen LogP) is 3.91. The number of anilines is 1. The third-order valence-electron chi connectivity index (χ3n) is 8.55. The van der Waals surface area contributed by atoms with E-state index in [-0.39, 0.29) is 23.5 Å². The molecule has 0 unspecified atom stereocenters. The van der Waals surface area contributed by atoms with E-state index in [0.717, 1.165) is 49.5 Å². The van der Waals surface area contributed by atoms with Crippen LogP contribution in [0.1, 0.15) is 57.1 Å². The fraction of sp³-hybridized carbons (Fsp3) is 0.552. The largest absolute Gasteiger partial charge is 0.497 e. The molecule has 3 atom stereocenters. The molecule has 2 N–H and O–H groups in total. The normalized spacial score (nSPS) is 28.2. The number of benzene rings is 2. The smallest absolute Gasteiger partial charge is 0.220 e. The first-order valence-corrected chi connectivity index (χ1v) is 13.1. The maximum Gasteiger partial charge on any atom is 0.220 e. The second-order valence-electron chi connectivity index (χ2n) is 11.0. The molecule has 0 bridgehead atoms. The Morgan fingerprint density at radius 1 is 1.06 bits per heavy atom. The van der Waals surface area contributed by atoms with Crippen LogP contribution < -0.4 is 19.7 Å². The number of β-amino-alcohol motifs (C(OH)–C–C–N with tert-alkyl or cyclic N) is 1. The Morgan fingerprint density at radius 2 is 1.78 bits per heavy atom. The van der Waals surface area contributed by atoms with Gasteiger partial charge in [-0.1, -0.05) is 18.2 Å². The highest BCUT2D eigenvalue weighted by atomic mass is 16.5. The van der Waals surface area contributed by atoms with Crippen LogP contribution in [0.25, 0.3) is 0 Å². The summed E-state index contributed by atoms with van der Waals surface area (Å²) in [5.74, 6) is 1.82. The number of carbonyl (C=O) groups excluding carboxylic acids is 1. The highest BCUT2D eigenvalue weighted by Crippen LogP contribution is 2.47. The molecule has 7 heteroatoms. The molecule has 1 amide bonds. The lowest BCUT2D eigenvalue weighted by molar-refractivity contribution is -0.122. The third kappa shape index (κ3) is 4.91. The number of hydrogen-bond donors (Lipinski definition) is 2. The van der Waals surface area contributed by atoms with E-state index in [1.54, 1.807) is 14.2 Å². The quantitative estimate of drug-likeness (QED) is 0.636. The van der Waals surface area contributed by atoms with Gasteiger partial charge in [0.15, 0.2) is 0 Å². The Balaban J connectivity index is 1.37. The summed E-state index contributed by atoms with van der Waals surface area (Å²) in [5.41, 5.74) is 1.25. The van der Waals surface area contributed by atoms with Crippen molar-refractivity contribution in [2.24, 2.45) is 0 Å². The van der Waals surface area contributed by atoms with E-state index < -0.39 is 5.60 Å². The van der Waals surface area contributed by atoms with Gasteiger partial charge in [-0.05, 0) is 68.9 Å². The standard InChI is InChI=1S/C29H39N3O4/c1-28-19-25(21-10-12-23(35-2)13-11-21)32(26(28)8-5-9-27(33)30-28)20-29(34)14-16-31(17-15-29)22-6-4-7-24(18-22)36-3/h4,6-7,10-13,18,25-26,34H,5,8-9,14-17,19-20H2,1-3H3,(H,30,33)/t25-,26-,28-/m0/s1. The molecule has 5 rings (SSSR count). The zero-order valence-corrected chi connectivity index (χ0v) is 21.7. The summed E-state index contributed by atoms with van der Waals surface area (Å²) in [5, 5.41) is 15.2. The molecule has 0 radical (unpaired) electrons. The average molecular weight is 494 g/mol. The van der Waals surface area contributed by atoms with Crippen LogP contribution in [-0.2, 0) is 4.79 Å². The van der Waals surface area contributed by atoms with Crippen molar-refractivity contribution in [1.29, 1.82) is 0 Å². The molecular formula is C29H39N3O4. The van der Waals surface area contributed by atoms with Gasteiger partial charge in [-0.15, -0.1) is 0 Å². The number of aliphatic hydroxyl groups is 1. The number of fused-ring (bicyclic) bond motifs is 1. The average Bonchev–Trinajstić information content (AvgIpc) is 3.04. The number of methoxy groups -OCH3 is 2. The van der Waals surface area contributed by atoms with Gasteiger partial charge in [0.25, 0.3) is 0 Å². The van der Waals surface area contributed by atoms with Crippen molar-refractivity contribution in [3.63, 3.8) is 0 Å². The van der Waals surface area contributed by atoms with Crippen molar-refractivity contribution in [3.8, 4) is 11.5 Å². The predicted molar refractivity (Wildman–Crippen MR) is 141 cm³/mol. The number of nitrogens with zero attached hydrogens (tertiary/aromatic N) is 2. The van der Waals surface area contributed by atoms with E-state index in [1.165, 1.54) is 5.56 Å². The highest BCUT2D eigenvalue weighted by Gasteiger charge is 2.53.